The summed E-state index contributed by atoms with van der Waals surface area (Å²) in [5.74, 6) is -0.395. The zero-order chi connectivity index (χ0) is 9.94. The number of esters is 1. The predicted molar refractivity (Wildman–Crippen MR) is 44.3 cm³/mol. The summed E-state index contributed by atoms with van der Waals surface area (Å²) in [4.78, 5) is 20.3. The fraction of sp³-hybridized carbons (Fsp3) is 0.750. The average molecular weight is 190 g/mol. The Hall–Kier alpha value is -0.940. The highest BCUT2D eigenvalue weighted by Gasteiger charge is 1.98. The zero-order valence-electron chi connectivity index (χ0n) is 7.65. The summed E-state index contributed by atoms with van der Waals surface area (Å²) in [6.07, 6.45) is 1.35. The number of carbonyl (C=O) groups excluding carboxylic acids is 2. The largest absolute Gasteiger partial charge is 0.467 e. The van der Waals surface area contributed by atoms with E-state index >= 15 is 0 Å². The Bertz CT molecular complexity index is 145. The van der Waals surface area contributed by atoms with Gasteiger partial charge < -0.3 is 19.0 Å². The highest BCUT2D eigenvalue weighted by molar-refractivity contribution is 5.70. The lowest BCUT2D eigenvalue weighted by atomic mass is 10.5. The standard InChI is InChI=1S/C8H14O5/c1-11-8(10)7-13-5-2-4-12-6-3-9/h3H,2,4-7H2,1H3. The van der Waals surface area contributed by atoms with Crippen molar-refractivity contribution < 1.29 is 23.8 Å². The van der Waals surface area contributed by atoms with E-state index in [0.717, 1.165) is 0 Å². The van der Waals surface area contributed by atoms with Crippen molar-refractivity contribution in [2.24, 2.45) is 0 Å². The third-order valence-electron chi connectivity index (χ3n) is 1.21. The van der Waals surface area contributed by atoms with E-state index in [2.05, 4.69) is 4.74 Å². The normalized spacial score (nSPS) is 9.62. The van der Waals surface area contributed by atoms with Crippen LogP contribution in [0.4, 0.5) is 0 Å². The maximum Gasteiger partial charge on any atom is 0.331 e. The second kappa shape index (κ2) is 9.15. The van der Waals surface area contributed by atoms with Crippen molar-refractivity contribution in [1.29, 1.82) is 0 Å². The van der Waals surface area contributed by atoms with E-state index in [1.165, 1.54) is 7.11 Å². The Kier molecular flexibility index (Phi) is 8.49. The first-order chi connectivity index (χ1) is 6.31. The van der Waals surface area contributed by atoms with Crippen molar-refractivity contribution in [3.63, 3.8) is 0 Å². The first-order valence-corrected chi connectivity index (χ1v) is 3.97. The first kappa shape index (κ1) is 12.1. The molecule has 0 saturated carbocycles. The lowest BCUT2D eigenvalue weighted by molar-refractivity contribution is -0.146. The topological polar surface area (TPSA) is 61.8 Å². The van der Waals surface area contributed by atoms with E-state index in [0.29, 0.717) is 25.9 Å². The number of hydrogen-bond donors (Lipinski definition) is 0. The number of carbonyl (C=O) groups is 2. The summed E-state index contributed by atoms with van der Waals surface area (Å²) in [6.45, 7) is 0.953. The molecule has 5 nitrogen and oxygen atoms in total. The van der Waals surface area contributed by atoms with Crippen molar-refractivity contribution in [3.05, 3.63) is 0 Å². The second-order valence-corrected chi connectivity index (χ2v) is 2.22. The van der Waals surface area contributed by atoms with E-state index in [1.807, 2.05) is 0 Å². The molecule has 0 amide bonds. The van der Waals surface area contributed by atoms with Gasteiger partial charge in [0.15, 0.2) is 0 Å². The molecular formula is C8H14O5. The van der Waals surface area contributed by atoms with Crippen LogP contribution in [-0.4, -0.2) is 45.8 Å². The minimum atomic E-state index is -0.395. The fourth-order valence-electron chi connectivity index (χ4n) is 0.609. The second-order valence-electron chi connectivity index (χ2n) is 2.22. The quantitative estimate of drug-likeness (QED) is 0.301. The summed E-state index contributed by atoms with van der Waals surface area (Å²) in [5, 5.41) is 0. The molecule has 0 rings (SSSR count). The minimum Gasteiger partial charge on any atom is -0.467 e. The van der Waals surface area contributed by atoms with Crippen LogP contribution < -0.4 is 0 Å². The van der Waals surface area contributed by atoms with Crippen LogP contribution in [0, 0.1) is 0 Å². The summed E-state index contributed by atoms with van der Waals surface area (Å²) in [6, 6.07) is 0. The van der Waals surface area contributed by atoms with Crippen molar-refractivity contribution in [3.8, 4) is 0 Å². The van der Waals surface area contributed by atoms with E-state index in [9.17, 15) is 9.59 Å². The molecule has 13 heavy (non-hydrogen) atoms. The molecule has 0 spiro atoms. The van der Waals surface area contributed by atoms with Crippen molar-refractivity contribution in [1.82, 2.24) is 0 Å². The Morgan fingerprint density at radius 2 is 2.00 bits per heavy atom. The fourth-order valence-corrected chi connectivity index (χ4v) is 0.609. The maximum absolute atomic E-state index is 10.5. The number of methoxy groups -OCH3 is 1. The molecule has 0 aliphatic heterocycles. The molecule has 5 heteroatoms. The Morgan fingerprint density at radius 3 is 2.62 bits per heavy atom. The molecule has 0 fully saturated rings. The monoisotopic (exact) mass is 190 g/mol. The van der Waals surface area contributed by atoms with Gasteiger partial charge in [0, 0.05) is 13.2 Å². The van der Waals surface area contributed by atoms with Gasteiger partial charge in [-0.15, -0.1) is 0 Å². The average Bonchev–Trinajstić information content (AvgIpc) is 2.16. The zero-order valence-corrected chi connectivity index (χ0v) is 7.65. The molecule has 0 heterocycles. The van der Waals surface area contributed by atoms with Crippen molar-refractivity contribution >= 4 is 12.3 Å². The van der Waals surface area contributed by atoms with Gasteiger partial charge in [0.25, 0.3) is 0 Å². The maximum atomic E-state index is 10.5. The van der Waals surface area contributed by atoms with Crippen LogP contribution in [-0.2, 0) is 23.8 Å². The minimum absolute atomic E-state index is 0.0375. The van der Waals surface area contributed by atoms with Crippen LogP contribution in [0.5, 0.6) is 0 Å². The molecule has 76 valence electrons. The third-order valence-corrected chi connectivity index (χ3v) is 1.21. The van der Waals surface area contributed by atoms with Crippen LogP contribution in [0.25, 0.3) is 0 Å². The molecule has 0 aromatic heterocycles. The molecule has 0 unspecified atom stereocenters. The SMILES string of the molecule is COC(=O)COCCCOCC=O. The van der Waals surface area contributed by atoms with Crippen LogP contribution in [0.3, 0.4) is 0 Å². The number of hydrogen-bond acceptors (Lipinski definition) is 5. The Morgan fingerprint density at radius 1 is 1.31 bits per heavy atom. The molecule has 0 aliphatic rings. The molecule has 0 aliphatic carbocycles. The molecule has 0 aromatic carbocycles. The number of rotatable bonds is 8. The van der Waals surface area contributed by atoms with Crippen molar-refractivity contribution in [2.45, 2.75) is 6.42 Å². The molecule has 0 radical (unpaired) electrons. The van der Waals surface area contributed by atoms with Crippen LogP contribution in [0.1, 0.15) is 6.42 Å². The molecule has 0 atom stereocenters. The van der Waals surface area contributed by atoms with E-state index < -0.39 is 5.97 Å². The smallest absolute Gasteiger partial charge is 0.331 e. The van der Waals surface area contributed by atoms with E-state index in [-0.39, 0.29) is 13.2 Å². The summed E-state index contributed by atoms with van der Waals surface area (Å²) < 4.78 is 14.1. The molecule has 0 bridgehead atoms. The molecule has 0 N–H and O–H groups in total. The van der Waals surface area contributed by atoms with Crippen LogP contribution in [0.15, 0.2) is 0 Å². The molecule has 0 saturated heterocycles. The van der Waals surface area contributed by atoms with Crippen LogP contribution >= 0.6 is 0 Å². The van der Waals surface area contributed by atoms with Crippen LogP contribution in [0.2, 0.25) is 0 Å². The van der Waals surface area contributed by atoms with Crippen molar-refractivity contribution in [2.75, 3.05) is 33.5 Å². The highest BCUT2D eigenvalue weighted by Crippen LogP contribution is 1.85. The number of ether oxygens (including phenoxy) is 3. The van der Waals surface area contributed by atoms with Gasteiger partial charge in [0.05, 0.1) is 7.11 Å². The van der Waals surface area contributed by atoms with Gasteiger partial charge in [-0.25, -0.2) is 4.79 Å². The van der Waals surface area contributed by atoms with Gasteiger partial charge in [-0.3, -0.25) is 0 Å². The first-order valence-electron chi connectivity index (χ1n) is 3.97. The van der Waals surface area contributed by atoms with E-state index in [1.54, 1.807) is 0 Å². The predicted octanol–water partition coefficient (Wildman–Crippen LogP) is -0.218. The van der Waals surface area contributed by atoms with E-state index in [4.69, 9.17) is 9.47 Å². The van der Waals surface area contributed by atoms with Gasteiger partial charge in [0.2, 0.25) is 0 Å². The van der Waals surface area contributed by atoms with Gasteiger partial charge in [-0.1, -0.05) is 0 Å². The summed E-state index contributed by atoms with van der Waals surface area (Å²) in [5.41, 5.74) is 0. The lowest BCUT2D eigenvalue weighted by Crippen LogP contribution is -2.11. The van der Waals surface area contributed by atoms with Gasteiger partial charge >= 0.3 is 5.97 Å². The van der Waals surface area contributed by atoms with Gasteiger partial charge in [-0.2, -0.15) is 0 Å². The Balaban J connectivity index is 2.99. The Labute approximate surface area is 77.0 Å². The summed E-state index contributed by atoms with van der Waals surface area (Å²) in [7, 11) is 1.30. The highest BCUT2D eigenvalue weighted by atomic mass is 16.6. The van der Waals surface area contributed by atoms with Gasteiger partial charge in [-0.05, 0) is 6.42 Å². The summed E-state index contributed by atoms with van der Waals surface area (Å²) >= 11 is 0. The molecular weight excluding hydrogens is 176 g/mol. The third kappa shape index (κ3) is 8.97. The number of aldehydes is 1. The van der Waals surface area contributed by atoms with Gasteiger partial charge in [0.1, 0.15) is 19.5 Å². The lowest BCUT2D eigenvalue weighted by Gasteiger charge is -2.02. The molecule has 0 aromatic rings.